The van der Waals surface area contributed by atoms with Crippen molar-refractivity contribution in [2.45, 2.75) is 260 Å². The Morgan fingerprint density at radius 1 is 0.367 bits per heavy atom. The molecule has 120 heavy (non-hydrogen) atoms. The van der Waals surface area contributed by atoms with E-state index in [1.54, 1.807) is 0 Å². The van der Waals surface area contributed by atoms with Crippen LogP contribution >= 0.6 is 0 Å². The van der Waals surface area contributed by atoms with Gasteiger partial charge in [-0.05, 0) is 191 Å². The lowest BCUT2D eigenvalue weighted by molar-refractivity contribution is -0.161. The van der Waals surface area contributed by atoms with Gasteiger partial charge in [-0.2, -0.15) is 0 Å². The van der Waals surface area contributed by atoms with Gasteiger partial charge in [0, 0.05) is 184 Å². The largest absolute Gasteiger partial charge is 0.493 e. The first-order chi connectivity index (χ1) is 78.8. The number of esters is 4. The molecule has 0 amide bonds. The van der Waals surface area contributed by atoms with Crippen LogP contribution in [-0.2, 0) is 63.8 Å². The molecule has 24 heteroatoms. The summed E-state index contributed by atoms with van der Waals surface area (Å²) in [5.41, 5.74) is 23.3. The van der Waals surface area contributed by atoms with E-state index in [9.17, 15) is 53.4 Å². The third-order valence-electron chi connectivity index (χ3n) is 19.7. The van der Waals surface area contributed by atoms with E-state index in [0.29, 0.717) is 52.9 Å². The van der Waals surface area contributed by atoms with Crippen molar-refractivity contribution >= 4 is 23.9 Å². The zero-order valence-electron chi connectivity index (χ0n) is 128. The molecule has 672 valence electrons. The van der Waals surface area contributed by atoms with Crippen LogP contribution in [0, 0.1) is 70.8 Å². The zero-order valence-corrected chi connectivity index (χ0v) is 70.6. The molecule has 8 aliphatic rings. The predicted octanol–water partition coefficient (Wildman–Crippen LogP) is 14.3. The molecule has 21 atom stereocenters. The second-order valence-electron chi connectivity index (χ2n) is 29.9. The second-order valence-corrected chi connectivity index (χ2v) is 29.9. The number of piperidine rings is 4. The summed E-state index contributed by atoms with van der Waals surface area (Å²) >= 11 is 0. The first-order valence-corrected chi connectivity index (χ1v) is 38.5. The molecule has 12 rings (SSSR count). The average molecular weight is 1730 g/mol. The van der Waals surface area contributed by atoms with Crippen LogP contribution in [0.25, 0.3) is 0 Å². The van der Waals surface area contributed by atoms with Crippen LogP contribution in [-0.4, -0.2) is 201 Å². The molecule has 0 spiro atoms. The molecule has 8 aliphatic heterocycles. The van der Waals surface area contributed by atoms with Gasteiger partial charge < -0.3 is 79.8 Å². The minimum atomic E-state index is -4.11. The summed E-state index contributed by atoms with van der Waals surface area (Å²) in [4.78, 5) is 55.2. The molecule has 0 saturated carbocycles. The van der Waals surface area contributed by atoms with Gasteiger partial charge in [-0.25, -0.2) is 0 Å². The number of ether oxygens (including phenoxy) is 12. The molecular weight excluding hydrogens is 1520 g/mol. The Morgan fingerprint density at radius 2 is 0.583 bits per heavy atom. The normalized spacial score (nSPS) is 45.9. The smallest absolute Gasteiger partial charge is 0.323 e. The third kappa shape index (κ3) is 23.8. The predicted molar refractivity (Wildman–Crippen MR) is 471 cm³/mol. The number of fused-ring (bicyclic) bond motifs is 12. The van der Waals surface area contributed by atoms with Gasteiger partial charge in [-0.1, -0.05) is 110 Å². The molecule has 0 aliphatic carbocycles. The van der Waals surface area contributed by atoms with Crippen molar-refractivity contribution in [3.8, 4) is 46.0 Å². The lowest BCUT2D eigenvalue weighted by Crippen LogP contribution is -2.51. The van der Waals surface area contributed by atoms with Gasteiger partial charge in [-0.15, -0.1) is 0 Å². The molecule has 0 aromatic heterocycles. The van der Waals surface area contributed by atoms with E-state index in [0.717, 1.165) is 38.5 Å². The van der Waals surface area contributed by atoms with Crippen molar-refractivity contribution in [3.05, 3.63) is 93.0 Å². The number of rotatable bonds is 28. The van der Waals surface area contributed by atoms with Crippen LogP contribution in [0.15, 0.2) is 48.5 Å². The quantitative estimate of drug-likeness (QED) is 0.0303. The monoisotopic (exact) mass is 1730 g/mol. The highest BCUT2D eigenvalue weighted by atomic mass is 16.6. The molecule has 4 aromatic rings. The number of nitrogens with zero attached hydrogens (tertiary/aromatic N) is 4. The molecule has 24 nitrogen and oxygen atoms in total. The Hall–Kier alpha value is -7.16. The summed E-state index contributed by atoms with van der Waals surface area (Å²) in [7, 11) is 1.62. The summed E-state index contributed by atoms with van der Waals surface area (Å²) in [5.74, 6) is -38.9. The van der Waals surface area contributed by atoms with Crippen LogP contribution in [0.2, 0.25) is 0 Å². The van der Waals surface area contributed by atoms with Gasteiger partial charge >= 0.3 is 23.9 Å². The Morgan fingerprint density at radius 3 is 0.817 bits per heavy atom. The van der Waals surface area contributed by atoms with Crippen molar-refractivity contribution in [2.75, 3.05) is 109 Å². The standard InChI is InChI=1S/4C24H38N2O4/c4*1-14(2)9-17-13-26-8-7-16-10-21(28-5)22(29-6)11-18(16)19(26)12-20(17)30-24(27)23(25)15(3)4/h4*10-11,14-15,17,19-20,23H,7-9,12-13,25H2,1-6H3/t4*17?,19?,20?,23-/m0000/s1/i2*1D3,5D3,9D2,12D2,13D2,14D,17D,19D,20D;1D3,9D2,12D2,13D2,14D,17D,19D,20D;1D3,9D2,12D,13D2,14D,17D,19D,20D/t3*14?,17?,19?,20?,23-;12?,14?,17?,19?,20?,23-. The third-order valence-corrected chi connectivity index (χ3v) is 19.7. The molecule has 4 aromatic carbocycles. The van der Waals surface area contributed by atoms with Crippen LogP contribution in [0.5, 0.6) is 46.0 Å². The van der Waals surface area contributed by atoms with Crippen LogP contribution in [0.3, 0.4) is 0 Å². The van der Waals surface area contributed by atoms with Crippen LogP contribution < -0.4 is 60.8 Å². The first kappa shape index (κ1) is 44.6. The van der Waals surface area contributed by atoms with E-state index in [2.05, 4.69) is 0 Å². The molecule has 8 heterocycles. The maximum atomic E-state index is 13.3. The minimum absolute atomic E-state index is 0.0136. The number of carbonyl (C=O) groups excluding carboxylic acids is 4. The van der Waals surface area contributed by atoms with Crippen molar-refractivity contribution < 1.29 is 154 Å². The number of benzene rings is 4. The SMILES string of the molecule is [2H]C([2H])([2H])C([2H])(C)C([2H])([2H])C1([2H])C([2H])([2H])N2CCc3cc(OC)c(OC)cc3C2([2H])C([2H])([2H])C1([2H])OC(=O)[C@@H](N)C(C)C.[2H]C([2H])([2H])Oc1cc2c(cc1OC)C1([2H])N(CC2)C([2H])([2H])C([2H])(C([2H])([2H])C([2H])(C)C([2H])([2H])[2H])C([2H])(OC(=O)[C@@H](N)C(C)C)C1([2H])[2H].[2H]C([2H])([2H])Oc1cc2c(cc1OC)C1([2H])N(CC2)C([2H])([2H])C([2H])(C([2H])([2H])C([2H])(C)C([2H])([2H])[2H])C([2H])(OC(=O)[C@@H](N)C(C)C)C1([2H])[2H].[2H]C1C2([2H])c3cc(OC)c(OC)cc3CCN2C([2H])([2H])C([2H])(C([2H])([2H])C([2H])(C)C([2H])([2H])[2H])C1([2H])OC(=O)[C@@H](N)C(C)C. The molecule has 8 N–H and O–H groups in total. The molecule has 17 unspecified atom stereocenters. The van der Waals surface area contributed by atoms with Crippen LogP contribution in [0.1, 0.15) is 308 Å². The summed E-state index contributed by atoms with van der Waals surface area (Å²) in [5, 5.41) is 0. The Balaban J connectivity index is 0.000000258. The highest BCUT2D eigenvalue weighted by molar-refractivity contribution is 5.77. The fraction of sp³-hybridized carbons (Fsp3) is 0.708. The van der Waals surface area contributed by atoms with Gasteiger partial charge in [0.05, 0.1) is 75.9 Å². The molecule has 0 bridgehead atoms. The second kappa shape index (κ2) is 43.9. The highest BCUT2D eigenvalue weighted by Gasteiger charge is 2.47. The number of hydrogen-bond donors (Lipinski definition) is 4. The minimum Gasteiger partial charge on any atom is -0.493 e. The maximum absolute atomic E-state index is 13.3. The number of hydrogen-bond acceptors (Lipinski definition) is 24. The highest BCUT2D eigenvalue weighted by Crippen LogP contribution is 2.50. The molecule has 4 fully saturated rings. The fourth-order valence-electron chi connectivity index (χ4n) is 12.9. The average Bonchev–Trinajstić information content (AvgIpc) is 0.639. The number of carbonyl (C=O) groups is 4. The summed E-state index contributed by atoms with van der Waals surface area (Å²) in [6.07, 6.45) is -45.9. The zero-order chi connectivity index (χ0) is 138. The van der Waals surface area contributed by atoms with E-state index in [1.807, 2.05) is 0 Å². The van der Waals surface area contributed by atoms with Crippen molar-refractivity contribution in [3.63, 3.8) is 0 Å². The maximum Gasteiger partial charge on any atom is 0.323 e. The Labute approximate surface area is 798 Å². The van der Waals surface area contributed by atoms with Gasteiger partial charge in [0.25, 0.3) is 0 Å². The lowest BCUT2D eigenvalue weighted by atomic mass is 9.79. The van der Waals surface area contributed by atoms with Crippen LogP contribution in [0.4, 0.5) is 0 Å². The van der Waals surface area contributed by atoms with E-state index >= 15 is 0 Å². The van der Waals surface area contributed by atoms with Crippen molar-refractivity contribution in [1.82, 2.24) is 19.6 Å². The molecular formula is C96H152N8O16. The summed E-state index contributed by atoms with van der Waals surface area (Å²) < 4.78 is 559. The Bertz CT molecular complexity index is 6600. The van der Waals surface area contributed by atoms with E-state index in [-0.39, 0.29) is 106 Å². The molecule has 0 radical (unpaired) electrons. The summed E-state index contributed by atoms with van der Waals surface area (Å²) in [6.45, 7) is -16.7. The number of methoxy groups -OCH3 is 8. The van der Waals surface area contributed by atoms with Gasteiger partial charge in [0.1, 0.15) is 48.5 Å². The van der Waals surface area contributed by atoms with Gasteiger partial charge in [-0.3, -0.25) is 38.8 Å². The Kier molecular flexibility index (Phi) is 16.3. The van der Waals surface area contributed by atoms with E-state index < -0.39 is 316 Å². The lowest BCUT2D eigenvalue weighted by Gasteiger charge is -2.47. The topological polar surface area (TPSA) is 296 Å². The van der Waals surface area contributed by atoms with Crippen molar-refractivity contribution in [2.24, 2.45) is 93.8 Å². The van der Waals surface area contributed by atoms with Crippen molar-refractivity contribution in [1.29, 1.82) is 0 Å². The van der Waals surface area contributed by atoms with E-state index in [1.165, 1.54) is 108 Å². The van der Waals surface area contributed by atoms with Gasteiger partial charge in [0.2, 0.25) is 0 Å². The fourth-order valence-corrected chi connectivity index (χ4v) is 12.9. The molecule has 4 saturated heterocycles. The van der Waals surface area contributed by atoms with E-state index in [4.69, 9.17) is 124 Å². The summed E-state index contributed by atoms with van der Waals surface area (Å²) in [6, 6.07) is -8.42. The number of nitrogens with two attached hydrogens (primary N) is 4. The first-order valence-electron chi connectivity index (χ1n) is 67.1. The van der Waals surface area contributed by atoms with Gasteiger partial charge in [0.15, 0.2) is 46.0 Å².